The first kappa shape index (κ1) is 19.5. The predicted molar refractivity (Wildman–Crippen MR) is 111 cm³/mol. The Balaban J connectivity index is 1.75. The minimum atomic E-state index is -3.31. The van der Waals surface area contributed by atoms with Gasteiger partial charge in [0.1, 0.15) is 11.5 Å². The summed E-state index contributed by atoms with van der Waals surface area (Å²) in [4.78, 5) is 26.2. The van der Waals surface area contributed by atoms with Gasteiger partial charge in [0.15, 0.2) is 9.84 Å². The molecule has 0 aromatic carbocycles. The fraction of sp³-hybridized carbons (Fsp3) is 0.400. The van der Waals surface area contributed by atoms with Gasteiger partial charge >= 0.3 is 0 Å². The first-order chi connectivity index (χ1) is 13.9. The van der Waals surface area contributed by atoms with Gasteiger partial charge in [-0.05, 0) is 37.5 Å². The molecule has 1 saturated carbocycles. The number of nitrogens with zero attached hydrogens (tertiary/aromatic N) is 4. The number of fused-ring (bicyclic) bond motifs is 1. The van der Waals surface area contributed by atoms with E-state index in [-0.39, 0.29) is 16.5 Å². The second-order valence-corrected chi connectivity index (χ2v) is 9.40. The van der Waals surface area contributed by atoms with Gasteiger partial charge in [0.2, 0.25) is 5.95 Å². The summed E-state index contributed by atoms with van der Waals surface area (Å²) in [5.41, 5.74) is 1.41. The van der Waals surface area contributed by atoms with Gasteiger partial charge in [-0.1, -0.05) is 19.8 Å². The molecule has 0 saturated heterocycles. The number of hydrogen-bond acceptors (Lipinski definition) is 7. The molecular formula is C20H23N5O3S. The van der Waals surface area contributed by atoms with Gasteiger partial charge in [0.25, 0.3) is 5.56 Å². The molecule has 1 aliphatic rings. The highest BCUT2D eigenvalue weighted by molar-refractivity contribution is 7.90. The SMILES string of the molecule is CCc1cc2cnc(Nc3ccc(S(C)(=O)=O)cn3)nc2n(C2CCCC2)c1=O. The minimum Gasteiger partial charge on any atom is -0.309 e. The lowest BCUT2D eigenvalue weighted by atomic mass is 10.1. The lowest BCUT2D eigenvalue weighted by Crippen LogP contribution is -2.27. The number of aromatic nitrogens is 4. The van der Waals surface area contributed by atoms with Crippen LogP contribution in [-0.4, -0.2) is 34.2 Å². The van der Waals surface area contributed by atoms with Crippen molar-refractivity contribution < 1.29 is 8.42 Å². The van der Waals surface area contributed by atoms with Crippen LogP contribution in [0.15, 0.2) is 40.3 Å². The van der Waals surface area contributed by atoms with Crippen LogP contribution in [0.25, 0.3) is 11.0 Å². The fourth-order valence-electron chi connectivity index (χ4n) is 3.78. The Bertz CT molecular complexity index is 1210. The quantitative estimate of drug-likeness (QED) is 0.685. The first-order valence-corrected chi connectivity index (χ1v) is 11.6. The third-order valence-electron chi connectivity index (χ3n) is 5.32. The van der Waals surface area contributed by atoms with Crippen molar-refractivity contribution >= 4 is 32.6 Å². The highest BCUT2D eigenvalue weighted by Gasteiger charge is 2.22. The van der Waals surface area contributed by atoms with Crippen molar-refractivity contribution in [1.82, 2.24) is 19.5 Å². The van der Waals surface area contributed by atoms with Crippen LogP contribution in [0, 0.1) is 0 Å². The Morgan fingerprint density at radius 1 is 1.17 bits per heavy atom. The average Bonchev–Trinajstić information content (AvgIpc) is 3.21. The summed E-state index contributed by atoms with van der Waals surface area (Å²) in [6, 6.07) is 5.07. The fourth-order valence-corrected chi connectivity index (χ4v) is 4.34. The van der Waals surface area contributed by atoms with E-state index in [1.54, 1.807) is 12.3 Å². The molecule has 0 atom stereocenters. The molecule has 3 aromatic heterocycles. The van der Waals surface area contributed by atoms with E-state index in [4.69, 9.17) is 0 Å². The molecule has 0 unspecified atom stereocenters. The van der Waals surface area contributed by atoms with Gasteiger partial charge in [-0.2, -0.15) is 4.98 Å². The molecule has 0 amide bonds. The molecule has 0 aliphatic heterocycles. The van der Waals surface area contributed by atoms with Crippen molar-refractivity contribution in [2.45, 2.75) is 50.0 Å². The van der Waals surface area contributed by atoms with Crippen molar-refractivity contribution in [2.24, 2.45) is 0 Å². The van der Waals surface area contributed by atoms with E-state index in [0.29, 0.717) is 23.8 Å². The first-order valence-electron chi connectivity index (χ1n) is 9.71. The van der Waals surface area contributed by atoms with E-state index in [2.05, 4.69) is 20.3 Å². The Morgan fingerprint density at radius 2 is 1.93 bits per heavy atom. The molecule has 0 spiro atoms. The molecule has 0 radical (unpaired) electrons. The third-order valence-corrected chi connectivity index (χ3v) is 6.42. The summed E-state index contributed by atoms with van der Waals surface area (Å²) in [7, 11) is -3.31. The van der Waals surface area contributed by atoms with Gasteiger partial charge in [-0.3, -0.25) is 9.36 Å². The molecule has 4 rings (SSSR count). The molecule has 1 N–H and O–H groups in total. The molecular weight excluding hydrogens is 390 g/mol. The standard InChI is InChI=1S/C20H23N5O3S/c1-3-13-10-14-11-22-20(23-17-9-8-16(12-21-17)29(2,27)28)24-18(14)25(19(13)26)15-6-4-5-7-15/h8-12,15H,3-7H2,1-2H3,(H,21,22,23,24). The molecule has 152 valence electrons. The Morgan fingerprint density at radius 3 is 2.55 bits per heavy atom. The highest BCUT2D eigenvalue weighted by Crippen LogP contribution is 2.31. The van der Waals surface area contributed by atoms with E-state index < -0.39 is 9.84 Å². The summed E-state index contributed by atoms with van der Waals surface area (Å²) < 4.78 is 25.0. The number of pyridine rings is 2. The number of nitrogens with one attached hydrogen (secondary N) is 1. The lowest BCUT2D eigenvalue weighted by Gasteiger charge is -2.18. The number of aryl methyl sites for hydroxylation is 1. The molecule has 9 heteroatoms. The summed E-state index contributed by atoms with van der Waals surface area (Å²) in [5, 5.41) is 3.83. The number of hydrogen-bond donors (Lipinski definition) is 1. The molecule has 3 heterocycles. The van der Waals surface area contributed by atoms with Crippen molar-refractivity contribution in [3.8, 4) is 0 Å². The van der Waals surface area contributed by atoms with Crippen LogP contribution in [0.5, 0.6) is 0 Å². The summed E-state index contributed by atoms with van der Waals surface area (Å²) in [6.45, 7) is 1.98. The van der Waals surface area contributed by atoms with Crippen LogP contribution in [-0.2, 0) is 16.3 Å². The number of anilines is 2. The summed E-state index contributed by atoms with van der Waals surface area (Å²) in [5.74, 6) is 0.740. The van der Waals surface area contributed by atoms with Crippen LogP contribution in [0.4, 0.5) is 11.8 Å². The van der Waals surface area contributed by atoms with Crippen LogP contribution in [0.3, 0.4) is 0 Å². The highest BCUT2D eigenvalue weighted by atomic mass is 32.2. The minimum absolute atomic E-state index is 0.0205. The molecule has 0 bridgehead atoms. The van der Waals surface area contributed by atoms with Gasteiger partial charge in [0.05, 0.1) is 4.90 Å². The predicted octanol–water partition coefficient (Wildman–Crippen LogP) is 3.01. The third kappa shape index (κ3) is 3.87. The zero-order valence-electron chi connectivity index (χ0n) is 16.4. The molecule has 1 fully saturated rings. The normalized spacial score (nSPS) is 15.1. The van der Waals surface area contributed by atoms with Crippen molar-refractivity contribution in [2.75, 3.05) is 11.6 Å². The van der Waals surface area contributed by atoms with Crippen molar-refractivity contribution in [3.63, 3.8) is 0 Å². The van der Waals surface area contributed by atoms with Gasteiger partial charge in [-0.15, -0.1) is 0 Å². The largest absolute Gasteiger partial charge is 0.309 e. The second-order valence-electron chi connectivity index (χ2n) is 7.39. The monoisotopic (exact) mass is 413 g/mol. The van der Waals surface area contributed by atoms with E-state index in [0.717, 1.165) is 42.9 Å². The topological polar surface area (TPSA) is 107 Å². The van der Waals surface area contributed by atoms with E-state index in [9.17, 15) is 13.2 Å². The van der Waals surface area contributed by atoms with Crippen molar-refractivity contribution in [3.05, 3.63) is 46.5 Å². The smallest absolute Gasteiger partial charge is 0.255 e. The summed E-state index contributed by atoms with van der Waals surface area (Å²) >= 11 is 0. The zero-order chi connectivity index (χ0) is 20.6. The summed E-state index contributed by atoms with van der Waals surface area (Å²) in [6.07, 6.45) is 8.98. The van der Waals surface area contributed by atoms with E-state index in [1.165, 1.54) is 12.3 Å². The van der Waals surface area contributed by atoms with Crippen LogP contribution in [0.1, 0.15) is 44.2 Å². The Kier molecular flexibility index (Phi) is 5.08. The zero-order valence-corrected chi connectivity index (χ0v) is 17.2. The average molecular weight is 414 g/mol. The number of rotatable bonds is 5. The molecule has 29 heavy (non-hydrogen) atoms. The maximum atomic E-state index is 13.0. The van der Waals surface area contributed by atoms with Crippen molar-refractivity contribution in [1.29, 1.82) is 0 Å². The van der Waals surface area contributed by atoms with E-state index >= 15 is 0 Å². The second kappa shape index (κ2) is 7.55. The van der Waals surface area contributed by atoms with Gasteiger partial charge < -0.3 is 5.32 Å². The maximum absolute atomic E-state index is 13.0. The van der Waals surface area contributed by atoms with Gasteiger partial charge in [-0.25, -0.2) is 18.4 Å². The van der Waals surface area contributed by atoms with Crippen LogP contribution in [0.2, 0.25) is 0 Å². The maximum Gasteiger partial charge on any atom is 0.255 e. The van der Waals surface area contributed by atoms with Gasteiger partial charge in [0, 0.05) is 35.6 Å². The lowest BCUT2D eigenvalue weighted by molar-refractivity contribution is 0.513. The number of sulfone groups is 1. The molecule has 3 aromatic rings. The van der Waals surface area contributed by atoms with E-state index in [1.807, 2.05) is 17.6 Å². The Hall–Kier alpha value is -2.81. The Labute approximate surface area is 169 Å². The van der Waals surface area contributed by atoms with Crippen LogP contribution >= 0.6 is 0 Å². The molecule has 8 nitrogen and oxygen atoms in total. The molecule has 1 aliphatic carbocycles. The van der Waals surface area contributed by atoms with Crippen LogP contribution < -0.4 is 10.9 Å².